The van der Waals surface area contributed by atoms with Gasteiger partial charge in [-0.25, -0.2) is 0 Å². The molecule has 0 aliphatic carbocycles. The quantitative estimate of drug-likeness (QED) is 0.808. The number of carbonyl (C=O) groups is 1. The first-order valence-corrected chi connectivity index (χ1v) is 9.10. The SMILES string of the molecule is Cn1c(C2CCN(C(=O)CCOc3cccc(Cl)c3)CC2)n[nH]c1=S. The molecule has 0 unspecified atom stereocenters. The van der Waals surface area contributed by atoms with Crippen molar-refractivity contribution in [1.29, 1.82) is 0 Å². The smallest absolute Gasteiger partial charge is 0.225 e. The maximum atomic E-state index is 12.3. The van der Waals surface area contributed by atoms with Gasteiger partial charge in [-0.15, -0.1) is 0 Å². The Balaban J connectivity index is 1.45. The number of nitrogens with one attached hydrogen (secondary N) is 1. The van der Waals surface area contributed by atoms with E-state index in [1.54, 1.807) is 12.1 Å². The van der Waals surface area contributed by atoms with Crippen LogP contribution in [0.3, 0.4) is 0 Å². The van der Waals surface area contributed by atoms with Crippen LogP contribution in [0.25, 0.3) is 0 Å². The number of piperidine rings is 1. The average Bonchev–Trinajstić information content (AvgIpc) is 2.94. The first-order chi connectivity index (χ1) is 12.0. The highest BCUT2D eigenvalue weighted by Crippen LogP contribution is 2.26. The number of rotatable bonds is 5. The number of H-pyrrole nitrogens is 1. The molecule has 1 fully saturated rings. The summed E-state index contributed by atoms with van der Waals surface area (Å²) in [5, 5.41) is 7.76. The van der Waals surface area contributed by atoms with Crippen LogP contribution in [0, 0.1) is 4.77 Å². The van der Waals surface area contributed by atoms with E-state index in [1.807, 2.05) is 28.6 Å². The fourth-order valence-corrected chi connectivity index (χ4v) is 3.40. The Morgan fingerprint density at radius 1 is 1.44 bits per heavy atom. The first-order valence-electron chi connectivity index (χ1n) is 8.32. The van der Waals surface area contributed by atoms with Gasteiger partial charge in [-0.05, 0) is 43.3 Å². The van der Waals surface area contributed by atoms with E-state index in [0.717, 1.165) is 31.8 Å². The summed E-state index contributed by atoms with van der Waals surface area (Å²) in [4.78, 5) is 14.2. The molecular weight excluding hydrogens is 360 g/mol. The Morgan fingerprint density at radius 2 is 2.20 bits per heavy atom. The molecule has 2 aromatic rings. The maximum absolute atomic E-state index is 12.3. The molecule has 1 amide bonds. The van der Waals surface area contributed by atoms with Gasteiger partial charge in [-0.2, -0.15) is 5.10 Å². The highest BCUT2D eigenvalue weighted by molar-refractivity contribution is 7.71. The van der Waals surface area contributed by atoms with Crippen molar-refractivity contribution < 1.29 is 9.53 Å². The summed E-state index contributed by atoms with van der Waals surface area (Å²) in [6, 6.07) is 7.19. The number of benzene rings is 1. The van der Waals surface area contributed by atoms with Crippen molar-refractivity contribution in [2.45, 2.75) is 25.2 Å². The van der Waals surface area contributed by atoms with Crippen LogP contribution in [-0.4, -0.2) is 45.3 Å². The monoisotopic (exact) mass is 380 g/mol. The van der Waals surface area contributed by atoms with Crippen LogP contribution < -0.4 is 4.74 Å². The molecule has 1 aliphatic heterocycles. The molecule has 134 valence electrons. The van der Waals surface area contributed by atoms with Crippen molar-refractivity contribution in [3.05, 3.63) is 39.9 Å². The molecule has 1 saturated heterocycles. The normalized spacial score (nSPS) is 15.4. The molecule has 25 heavy (non-hydrogen) atoms. The van der Waals surface area contributed by atoms with E-state index in [4.69, 9.17) is 28.6 Å². The molecular formula is C17H21ClN4O2S. The lowest BCUT2D eigenvalue weighted by Gasteiger charge is -2.31. The van der Waals surface area contributed by atoms with Crippen LogP contribution >= 0.6 is 23.8 Å². The fraction of sp³-hybridized carbons (Fsp3) is 0.471. The average molecular weight is 381 g/mol. The van der Waals surface area contributed by atoms with Crippen molar-refractivity contribution in [3.8, 4) is 5.75 Å². The molecule has 1 aromatic heterocycles. The number of likely N-dealkylation sites (tertiary alicyclic amines) is 1. The molecule has 0 bridgehead atoms. The van der Waals surface area contributed by atoms with Crippen molar-refractivity contribution in [1.82, 2.24) is 19.7 Å². The summed E-state index contributed by atoms with van der Waals surface area (Å²) in [6.07, 6.45) is 2.16. The van der Waals surface area contributed by atoms with Crippen molar-refractivity contribution in [2.75, 3.05) is 19.7 Å². The highest BCUT2D eigenvalue weighted by Gasteiger charge is 2.26. The van der Waals surface area contributed by atoms with Gasteiger partial charge in [0.1, 0.15) is 11.6 Å². The van der Waals surface area contributed by atoms with Crippen molar-refractivity contribution in [3.63, 3.8) is 0 Å². The van der Waals surface area contributed by atoms with Gasteiger partial charge in [0.15, 0.2) is 4.77 Å². The van der Waals surface area contributed by atoms with Gasteiger partial charge in [0.05, 0.1) is 13.0 Å². The number of hydrogen-bond donors (Lipinski definition) is 1. The lowest BCUT2D eigenvalue weighted by Crippen LogP contribution is -2.38. The number of carbonyl (C=O) groups excluding carboxylic acids is 1. The molecule has 0 radical (unpaired) electrons. The number of amides is 1. The van der Waals surface area contributed by atoms with Crippen molar-refractivity contribution in [2.24, 2.45) is 7.05 Å². The molecule has 3 rings (SSSR count). The third kappa shape index (κ3) is 4.41. The number of aromatic nitrogens is 3. The minimum atomic E-state index is 0.121. The van der Waals surface area contributed by atoms with E-state index in [1.165, 1.54) is 0 Å². The van der Waals surface area contributed by atoms with Gasteiger partial charge in [-0.3, -0.25) is 9.89 Å². The van der Waals surface area contributed by atoms with Crippen LogP contribution in [-0.2, 0) is 11.8 Å². The molecule has 8 heteroatoms. The maximum Gasteiger partial charge on any atom is 0.225 e. The Kier molecular flexibility index (Phi) is 5.75. The van der Waals surface area contributed by atoms with Crippen LogP contribution in [0.2, 0.25) is 5.02 Å². The number of aromatic amines is 1. The largest absolute Gasteiger partial charge is 0.493 e. The Labute approximate surface area is 156 Å². The summed E-state index contributed by atoms with van der Waals surface area (Å²) >= 11 is 11.1. The number of hydrogen-bond acceptors (Lipinski definition) is 4. The fourth-order valence-electron chi connectivity index (χ4n) is 3.08. The summed E-state index contributed by atoms with van der Waals surface area (Å²) in [7, 11) is 1.92. The topological polar surface area (TPSA) is 63.1 Å². The lowest BCUT2D eigenvalue weighted by molar-refractivity contribution is -0.132. The summed E-state index contributed by atoms with van der Waals surface area (Å²) in [5.74, 6) is 2.12. The van der Waals surface area contributed by atoms with Gasteiger partial charge < -0.3 is 14.2 Å². The lowest BCUT2D eigenvalue weighted by atomic mass is 9.96. The summed E-state index contributed by atoms with van der Waals surface area (Å²) in [6.45, 7) is 1.83. The van der Waals surface area contributed by atoms with E-state index in [9.17, 15) is 4.79 Å². The molecule has 1 aromatic carbocycles. The molecule has 1 N–H and O–H groups in total. The molecule has 1 aliphatic rings. The van der Waals surface area contributed by atoms with Crippen LogP contribution in [0.1, 0.15) is 31.0 Å². The van der Waals surface area contributed by atoms with Gasteiger partial charge in [0.2, 0.25) is 5.91 Å². The minimum absolute atomic E-state index is 0.121. The Morgan fingerprint density at radius 3 is 2.84 bits per heavy atom. The second-order valence-corrected chi connectivity index (χ2v) is 6.98. The summed E-state index contributed by atoms with van der Waals surface area (Å²) < 4.78 is 8.14. The third-order valence-corrected chi connectivity index (χ3v) is 5.11. The molecule has 0 atom stereocenters. The van der Waals surface area contributed by atoms with Gasteiger partial charge in [0.25, 0.3) is 0 Å². The molecule has 0 spiro atoms. The predicted molar refractivity (Wildman–Crippen MR) is 98.5 cm³/mol. The number of halogens is 1. The zero-order valence-electron chi connectivity index (χ0n) is 14.1. The van der Waals surface area contributed by atoms with Crippen molar-refractivity contribution >= 4 is 29.7 Å². The van der Waals surface area contributed by atoms with Crippen LogP contribution in [0.15, 0.2) is 24.3 Å². The van der Waals surface area contributed by atoms with E-state index in [-0.39, 0.29) is 5.91 Å². The predicted octanol–water partition coefficient (Wildman–Crippen LogP) is 3.31. The molecule has 6 nitrogen and oxygen atoms in total. The zero-order valence-corrected chi connectivity index (χ0v) is 15.6. The Hall–Kier alpha value is -1.86. The number of nitrogens with zero attached hydrogens (tertiary/aromatic N) is 3. The molecule has 2 heterocycles. The summed E-state index contributed by atoms with van der Waals surface area (Å²) in [5.41, 5.74) is 0. The van der Waals surface area contributed by atoms with E-state index >= 15 is 0 Å². The second-order valence-electron chi connectivity index (χ2n) is 6.16. The van der Waals surface area contributed by atoms with E-state index in [0.29, 0.717) is 34.5 Å². The highest BCUT2D eigenvalue weighted by atomic mass is 35.5. The molecule has 0 saturated carbocycles. The van der Waals surface area contributed by atoms with Gasteiger partial charge in [-0.1, -0.05) is 17.7 Å². The third-order valence-electron chi connectivity index (χ3n) is 4.51. The van der Waals surface area contributed by atoms with Crippen LogP contribution in [0.5, 0.6) is 5.75 Å². The van der Waals surface area contributed by atoms with Gasteiger partial charge in [0, 0.05) is 31.1 Å². The first kappa shape index (κ1) is 17.9. The van der Waals surface area contributed by atoms with Crippen LogP contribution in [0.4, 0.5) is 0 Å². The minimum Gasteiger partial charge on any atom is -0.493 e. The van der Waals surface area contributed by atoms with E-state index < -0.39 is 0 Å². The van der Waals surface area contributed by atoms with E-state index in [2.05, 4.69) is 10.2 Å². The zero-order chi connectivity index (χ0) is 17.8. The standard InChI is InChI=1S/C17H21ClN4O2S/c1-21-16(19-20-17(21)25)12-5-8-22(9-6-12)15(23)7-10-24-14-4-2-3-13(18)11-14/h2-4,11-12H,5-10H2,1H3,(H,20,25). The number of ether oxygens (including phenoxy) is 1. The Bertz CT molecular complexity index is 796. The van der Waals surface area contributed by atoms with Gasteiger partial charge >= 0.3 is 0 Å². The second kappa shape index (κ2) is 8.01.